The summed E-state index contributed by atoms with van der Waals surface area (Å²) < 4.78 is 0. The molecular weight excluding hydrogens is 182 g/mol. The van der Waals surface area contributed by atoms with Crippen LogP contribution in [0.4, 0.5) is 0 Å². The summed E-state index contributed by atoms with van der Waals surface area (Å²) in [4.78, 5) is 22.4. The van der Waals surface area contributed by atoms with Crippen LogP contribution in [0.5, 0.6) is 0 Å². The largest absolute Gasteiger partial charge is 0.481 e. The molecular formula is C10H17NO3. The topological polar surface area (TPSA) is 66.4 Å². The van der Waals surface area contributed by atoms with E-state index in [1.807, 2.05) is 0 Å². The Balaban J connectivity index is 2.70. The Morgan fingerprint density at radius 2 is 1.86 bits per heavy atom. The van der Waals surface area contributed by atoms with Gasteiger partial charge in [0, 0.05) is 13.5 Å². The zero-order valence-corrected chi connectivity index (χ0v) is 8.51. The van der Waals surface area contributed by atoms with Crippen LogP contribution < -0.4 is 5.32 Å². The Morgan fingerprint density at radius 3 is 2.29 bits per heavy atom. The van der Waals surface area contributed by atoms with Crippen molar-refractivity contribution in [3.05, 3.63) is 0 Å². The van der Waals surface area contributed by atoms with Crippen molar-refractivity contribution >= 4 is 11.9 Å². The average Bonchev–Trinajstić information content (AvgIpc) is 2.19. The molecule has 1 saturated carbocycles. The number of carboxylic acid groups (broad SMARTS) is 1. The van der Waals surface area contributed by atoms with Crippen LogP contribution in [0, 0.1) is 5.41 Å². The molecule has 14 heavy (non-hydrogen) atoms. The van der Waals surface area contributed by atoms with Crippen molar-refractivity contribution in [3.63, 3.8) is 0 Å². The van der Waals surface area contributed by atoms with Gasteiger partial charge in [-0.05, 0) is 12.8 Å². The third-order valence-electron chi connectivity index (χ3n) is 3.04. The fourth-order valence-electron chi connectivity index (χ4n) is 2.09. The molecule has 1 aliphatic carbocycles. The number of amides is 1. The van der Waals surface area contributed by atoms with E-state index in [4.69, 9.17) is 5.11 Å². The predicted molar refractivity (Wildman–Crippen MR) is 51.8 cm³/mol. The van der Waals surface area contributed by atoms with E-state index in [0.29, 0.717) is 12.8 Å². The lowest BCUT2D eigenvalue weighted by Crippen LogP contribution is -2.38. The van der Waals surface area contributed by atoms with Crippen molar-refractivity contribution < 1.29 is 14.7 Å². The highest BCUT2D eigenvalue weighted by molar-refractivity contribution is 5.84. The third kappa shape index (κ3) is 2.25. The maximum absolute atomic E-state index is 11.2. The Kier molecular flexibility index (Phi) is 3.49. The third-order valence-corrected chi connectivity index (χ3v) is 3.04. The van der Waals surface area contributed by atoms with Crippen molar-refractivity contribution in [3.8, 4) is 0 Å². The quantitative estimate of drug-likeness (QED) is 0.716. The molecule has 0 saturated heterocycles. The molecule has 0 spiro atoms. The van der Waals surface area contributed by atoms with Crippen molar-refractivity contribution in [2.45, 2.75) is 38.5 Å². The minimum absolute atomic E-state index is 0.124. The van der Waals surface area contributed by atoms with Crippen LogP contribution in [0.15, 0.2) is 0 Å². The summed E-state index contributed by atoms with van der Waals surface area (Å²) >= 11 is 0. The fourth-order valence-corrected chi connectivity index (χ4v) is 2.09. The van der Waals surface area contributed by atoms with E-state index in [9.17, 15) is 9.59 Å². The van der Waals surface area contributed by atoms with Gasteiger partial charge in [0.25, 0.3) is 0 Å². The second-order valence-corrected chi connectivity index (χ2v) is 4.00. The van der Waals surface area contributed by atoms with Gasteiger partial charge in [-0.2, -0.15) is 0 Å². The summed E-state index contributed by atoms with van der Waals surface area (Å²) in [7, 11) is 1.54. The molecule has 0 bridgehead atoms. The van der Waals surface area contributed by atoms with Crippen LogP contribution in [0.1, 0.15) is 38.5 Å². The number of aliphatic carboxylic acids is 1. The minimum atomic E-state index is -0.819. The van der Waals surface area contributed by atoms with Crippen molar-refractivity contribution in [2.24, 2.45) is 5.41 Å². The lowest BCUT2D eigenvalue weighted by molar-refractivity contribution is -0.154. The molecule has 0 aromatic carbocycles. The summed E-state index contributed by atoms with van der Waals surface area (Å²) in [6.07, 6.45) is 4.32. The van der Waals surface area contributed by atoms with Gasteiger partial charge in [-0.1, -0.05) is 19.3 Å². The van der Waals surface area contributed by atoms with Gasteiger partial charge in [0.15, 0.2) is 0 Å². The molecule has 0 unspecified atom stereocenters. The second kappa shape index (κ2) is 4.44. The number of hydrogen-bond acceptors (Lipinski definition) is 2. The van der Waals surface area contributed by atoms with E-state index in [1.54, 1.807) is 7.05 Å². The van der Waals surface area contributed by atoms with Crippen molar-refractivity contribution in [1.29, 1.82) is 0 Å². The highest BCUT2D eigenvalue weighted by Gasteiger charge is 2.41. The molecule has 80 valence electrons. The van der Waals surface area contributed by atoms with Gasteiger partial charge in [0.1, 0.15) is 0 Å². The van der Waals surface area contributed by atoms with Crippen LogP contribution >= 0.6 is 0 Å². The Bertz CT molecular complexity index is 232. The lowest BCUT2D eigenvalue weighted by atomic mass is 9.71. The Hall–Kier alpha value is -1.06. The SMILES string of the molecule is CNC(=O)CC1(C(=O)O)CCCCC1. The predicted octanol–water partition coefficient (Wildman–Crippen LogP) is 1.16. The first-order valence-corrected chi connectivity index (χ1v) is 5.05. The number of nitrogens with one attached hydrogen (secondary N) is 1. The minimum Gasteiger partial charge on any atom is -0.481 e. The average molecular weight is 199 g/mol. The molecule has 1 aliphatic rings. The summed E-state index contributed by atoms with van der Waals surface area (Å²) in [6.45, 7) is 0. The molecule has 4 heteroatoms. The van der Waals surface area contributed by atoms with E-state index < -0.39 is 11.4 Å². The van der Waals surface area contributed by atoms with Crippen LogP contribution in [0.25, 0.3) is 0 Å². The van der Waals surface area contributed by atoms with Gasteiger partial charge in [-0.25, -0.2) is 0 Å². The zero-order valence-electron chi connectivity index (χ0n) is 8.51. The van der Waals surface area contributed by atoms with Gasteiger partial charge < -0.3 is 10.4 Å². The molecule has 0 aliphatic heterocycles. The fraction of sp³-hybridized carbons (Fsp3) is 0.800. The molecule has 0 radical (unpaired) electrons. The maximum atomic E-state index is 11.2. The molecule has 4 nitrogen and oxygen atoms in total. The molecule has 1 amide bonds. The first-order chi connectivity index (χ1) is 6.60. The molecule has 0 heterocycles. The van der Waals surface area contributed by atoms with Crippen molar-refractivity contribution in [2.75, 3.05) is 7.05 Å². The number of hydrogen-bond donors (Lipinski definition) is 2. The van der Waals surface area contributed by atoms with Crippen LogP contribution in [-0.2, 0) is 9.59 Å². The monoisotopic (exact) mass is 199 g/mol. The van der Waals surface area contributed by atoms with E-state index in [2.05, 4.69) is 5.32 Å². The molecule has 0 aromatic heterocycles. The van der Waals surface area contributed by atoms with Crippen molar-refractivity contribution in [1.82, 2.24) is 5.32 Å². The van der Waals surface area contributed by atoms with Crippen LogP contribution in [0.2, 0.25) is 0 Å². The smallest absolute Gasteiger partial charge is 0.310 e. The second-order valence-electron chi connectivity index (χ2n) is 4.00. The number of carbonyl (C=O) groups is 2. The van der Waals surface area contributed by atoms with Gasteiger partial charge in [0.05, 0.1) is 5.41 Å². The Labute approximate surface area is 83.7 Å². The van der Waals surface area contributed by atoms with Gasteiger partial charge in [0.2, 0.25) is 5.91 Å². The van der Waals surface area contributed by atoms with Crippen LogP contribution in [0.3, 0.4) is 0 Å². The highest BCUT2D eigenvalue weighted by Crippen LogP contribution is 2.39. The normalized spacial score (nSPS) is 20.1. The summed E-state index contributed by atoms with van der Waals surface area (Å²) in [5.74, 6) is -0.991. The summed E-state index contributed by atoms with van der Waals surface area (Å²) in [5, 5.41) is 11.6. The van der Waals surface area contributed by atoms with E-state index in [1.165, 1.54) is 0 Å². The first-order valence-electron chi connectivity index (χ1n) is 5.05. The molecule has 1 fully saturated rings. The van der Waals surface area contributed by atoms with E-state index in [0.717, 1.165) is 19.3 Å². The number of carboxylic acids is 1. The number of rotatable bonds is 3. The summed E-state index contributed by atoms with van der Waals surface area (Å²) in [6, 6.07) is 0. The molecule has 1 rings (SSSR count). The standard InChI is InChI=1S/C10H17NO3/c1-11-8(12)7-10(9(13)14)5-3-2-4-6-10/h2-7H2,1H3,(H,11,12)(H,13,14). The Morgan fingerprint density at radius 1 is 1.29 bits per heavy atom. The zero-order chi connectivity index (χ0) is 10.6. The van der Waals surface area contributed by atoms with Gasteiger partial charge >= 0.3 is 5.97 Å². The van der Waals surface area contributed by atoms with Crippen LogP contribution in [-0.4, -0.2) is 24.0 Å². The molecule has 0 atom stereocenters. The maximum Gasteiger partial charge on any atom is 0.310 e. The van der Waals surface area contributed by atoms with E-state index >= 15 is 0 Å². The van der Waals surface area contributed by atoms with Gasteiger partial charge in [-0.3, -0.25) is 9.59 Å². The highest BCUT2D eigenvalue weighted by atomic mass is 16.4. The van der Waals surface area contributed by atoms with E-state index in [-0.39, 0.29) is 12.3 Å². The summed E-state index contributed by atoms with van der Waals surface area (Å²) in [5.41, 5.74) is -0.793. The number of carbonyl (C=O) groups excluding carboxylic acids is 1. The lowest BCUT2D eigenvalue weighted by Gasteiger charge is -2.32. The first kappa shape index (κ1) is 11.0. The molecule has 2 N–H and O–H groups in total. The molecule has 0 aromatic rings. The van der Waals surface area contributed by atoms with Gasteiger partial charge in [-0.15, -0.1) is 0 Å².